The maximum atomic E-state index is 10.8. The highest BCUT2D eigenvalue weighted by Gasteiger charge is 2.10. The Bertz CT molecular complexity index is 594. The van der Waals surface area contributed by atoms with Gasteiger partial charge in [-0.05, 0) is 0 Å². The maximum Gasteiger partial charge on any atom is 0.275 e. The summed E-state index contributed by atoms with van der Waals surface area (Å²) in [5, 5.41) is 13.9. The molecule has 0 atom stereocenters. The average Bonchev–Trinajstić information content (AvgIpc) is 2.81. The quantitative estimate of drug-likeness (QED) is 0.657. The Labute approximate surface area is 110 Å². The fourth-order valence-corrected chi connectivity index (χ4v) is 1.66. The SMILES string of the molecule is COc1cc(NCc2nccn2C)cc([N+](=O)[O-])c1. The molecule has 0 aliphatic rings. The Morgan fingerprint density at radius 1 is 1.47 bits per heavy atom. The Kier molecular flexibility index (Phi) is 3.65. The highest BCUT2D eigenvalue weighted by molar-refractivity contribution is 5.56. The van der Waals surface area contributed by atoms with E-state index >= 15 is 0 Å². The summed E-state index contributed by atoms with van der Waals surface area (Å²) in [6.45, 7) is 0.480. The summed E-state index contributed by atoms with van der Waals surface area (Å²) in [7, 11) is 3.36. The van der Waals surface area contributed by atoms with Crippen molar-refractivity contribution >= 4 is 11.4 Å². The smallest absolute Gasteiger partial charge is 0.275 e. The van der Waals surface area contributed by atoms with Gasteiger partial charge in [0.15, 0.2) is 0 Å². The van der Waals surface area contributed by atoms with Crippen LogP contribution in [0.5, 0.6) is 5.75 Å². The minimum absolute atomic E-state index is 0.0123. The largest absolute Gasteiger partial charge is 0.496 e. The molecule has 100 valence electrons. The summed E-state index contributed by atoms with van der Waals surface area (Å²) in [6.07, 6.45) is 3.54. The van der Waals surface area contributed by atoms with E-state index in [1.807, 2.05) is 17.8 Å². The predicted molar refractivity (Wildman–Crippen MR) is 70.2 cm³/mol. The molecule has 0 saturated carbocycles. The van der Waals surface area contributed by atoms with Gasteiger partial charge in [-0.2, -0.15) is 0 Å². The number of benzene rings is 1. The number of hydrogen-bond donors (Lipinski definition) is 1. The molecule has 0 unspecified atom stereocenters. The van der Waals surface area contributed by atoms with Crippen LogP contribution in [0.3, 0.4) is 0 Å². The molecule has 19 heavy (non-hydrogen) atoms. The number of non-ortho nitro benzene ring substituents is 1. The van der Waals surface area contributed by atoms with Gasteiger partial charge in [0.1, 0.15) is 11.6 Å². The Hall–Kier alpha value is -2.57. The van der Waals surface area contributed by atoms with E-state index in [4.69, 9.17) is 4.74 Å². The predicted octanol–water partition coefficient (Wildman–Crippen LogP) is 1.95. The third kappa shape index (κ3) is 3.01. The third-order valence-electron chi connectivity index (χ3n) is 2.71. The first-order chi connectivity index (χ1) is 9.10. The Morgan fingerprint density at radius 3 is 2.84 bits per heavy atom. The molecule has 7 heteroatoms. The lowest BCUT2D eigenvalue weighted by molar-refractivity contribution is -0.384. The van der Waals surface area contributed by atoms with Gasteiger partial charge in [-0.1, -0.05) is 0 Å². The molecule has 2 aromatic rings. The second-order valence-electron chi connectivity index (χ2n) is 3.98. The number of imidazole rings is 1. The Morgan fingerprint density at radius 2 is 2.26 bits per heavy atom. The second kappa shape index (κ2) is 5.38. The molecule has 0 aliphatic heterocycles. The van der Waals surface area contributed by atoms with Crippen LogP contribution in [-0.2, 0) is 13.6 Å². The van der Waals surface area contributed by atoms with Gasteiger partial charge in [0.25, 0.3) is 5.69 Å². The first kappa shape index (κ1) is 12.9. The molecule has 1 heterocycles. The maximum absolute atomic E-state index is 10.8. The fraction of sp³-hybridized carbons (Fsp3) is 0.250. The zero-order chi connectivity index (χ0) is 13.8. The normalized spacial score (nSPS) is 10.2. The number of nitro groups is 1. The topological polar surface area (TPSA) is 82.2 Å². The van der Waals surface area contributed by atoms with E-state index in [1.165, 1.54) is 19.2 Å². The molecule has 0 saturated heterocycles. The van der Waals surface area contributed by atoms with Crippen LogP contribution in [0.15, 0.2) is 30.6 Å². The number of anilines is 1. The first-order valence-corrected chi connectivity index (χ1v) is 5.63. The number of aromatic nitrogens is 2. The number of aryl methyl sites for hydroxylation is 1. The summed E-state index contributed by atoms with van der Waals surface area (Å²) in [5.41, 5.74) is 0.607. The number of rotatable bonds is 5. The Balaban J connectivity index is 2.17. The lowest BCUT2D eigenvalue weighted by Crippen LogP contribution is -2.06. The zero-order valence-corrected chi connectivity index (χ0v) is 10.7. The van der Waals surface area contributed by atoms with Crippen molar-refractivity contribution in [2.24, 2.45) is 7.05 Å². The monoisotopic (exact) mass is 262 g/mol. The molecular formula is C12H14N4O3. The van der Waals surface area contributed by atoms with E-state index in [-0.39, 0.29) is 5.69 Å². The molecule has 0 bridgehead atoms. The van der Waals surface area contributed by atoms with Gasteiger partial charge in [0.05, 0.1) is 24.6 Å². The molecule has 0 spiro atoms. The van der Waals surface area contributed by atoms with Gasteiger partial charge in [-0.3, -0.25) is 10.1 Å². The van der Waals surface area contributed by atoms with Crippen LogP contribution in [0.2, 0.25) is 0 Å². The minimum Gasteiger partial charge on any atom is -0.496 e. The van der Waals surface area contributed by atoms with Crippen LogP contribution in [0.4, 0.5) is 11.4 Å². The number of nitrogens with one attached hydrogen (secondary N) is 1. The van der Waals surface area contributed by atoms with Crippen molar-refractivity contribution < 1.29 is 9.66 Å². The van der Waals surface area contributed by atoms with Crippen LogP contribution >= 0.6 is 0 Å². The van der Waals surface area contributed by atoms with E-state index in [0.717, 1.165) is 5.82 Å². The minimum atomic E-state index is -0.450. The summed E-state index contributed by atoms with van der Waals surface area (Å²) in [5.74, 6) is 1.28. The number of hydrogen-bond acceptors (Lipinski definition) is 5. The van der Waals surface area contributed by atoms with E-state index in [2.05, 4.69) is 10.3 Å². The van der Waals surface area contributed by atoms with Gasteiger partial charge in [0, 0.05) is 37.3 Å². The van der Waals surface area contributed by atoms with Crippen LogP contribution in [0.1, 0.15) is 5.82 Å². The molecule has 0 aliphatic carbocycles. The van der Waals surface area contributed by atoms with Crippen LogP contribution in [0.25, 0.3) is 0 Å². The number of methoxy groups -OCH3 is 1. The molecule has 0 amide bonds. The molecule has 7 nitrogen and oxygen atoms in total. The standard InChI is InChI=1S/C12H14N4O3/c1-15-4-3-13-12(15)8-14-9-5-10(16(17)18)7-11(6-9)19-2/h3-7,14H,8H2,1-2H3. The van der Waals surface area contributed by atoms with Gasteiger partial charge >= 0.3 is 0 Å². The average molecular weight is 262 g/mol. The summed E-state index contributed by atoms with van der Waals surface area (Å²) < 4.78 is 6.92. The number of ether oxygens (including phenoxy) is 1. The van der Waals surface area contributed by atoms with Crippen molar-refractivity contribution in [3.63, 3.8) is 0 Å². The van der Waals surface area contributed by atoms with E-state index in [0.29, 0.717) is 18.0 Å². The molecule has 1 N–H and O–H groups in total. The van der Waals surface area contributed by atoms with Gasteiger partial charge in [0.2, 0.25) is 0 Å². The van der Waals surface area contributed by atoms with Crippen LogP contribution in [-0.4, -0.2) is 21.6 Å². The van der Waals surface area contributed by atoms with Crippen molar-refractivity contribution in [1.29, 1.82) is 0 Å². The zero-order valence-electron chi connectivity index (χ0n) is 10.7. The number of nitro benzene ring substituents is 1. The fourth-order valence-electron chi connectivity index (χ4n) is 1.66. The van der Waals surface area contributed by atoms with E-state index < -0.39 is 4.92 Å². The molecule has 1 aromatic heterocycles. The summed E-state index contributed by atoms with van der Waals surface area (Å²) in [4.78, 5) is 14.5. The highest BCUT2D eigenvalue weighted by atomic mass is 16.6. The van der Waals surface area contributed by atoms with Crippen molar-refractivity contribution in [3.8, 4) is 5.75 Å². The first-order valence-electron chi connectivity index (χ1n) is 5.63. The third-order valence-corrected chi connectivity index (χ3v) is 2.71. The van der Waals surface area contributed by atoms with Crippen LogP contribution in [0, 0.1) is 10.1 Å². The number of nitrogens with zero attached hydrogens (tertiary/aromatic N) is 3. The van der Waals surface area contributed by atoms with Crippen molar-refractivity contribution in [2.45, 2.75) is 6.54 Å². The van der Waals surface area contributed by atoms with Crippen LogP contribution < -0.4 is 10.1 Å². The molecular weight excluding hydrogens is 248 g/mol. The van der Waals surface area contributed by atoms with Crippen molar-refractivity contribution in [1.82, 2.24) is 9.55 Å². The highest BCUT2D eigenvalue weighted by Crippen LogP contribution is 2.25. The van der Waals surface area contributed by atoms with Gasteiger partial charge in [-0.15, -0.1) is 0 Å². The lowest BCUT2D eigenvalue weighted by Gasteiger charge is -2.08. The summed E-state index contributed by atoms with van der Waals surface area (Å²) >= 11 is 0. The van der Waals surface area contributed by atoms with Gasteiger partial charge < -0.3 is 14.6 Å². The molecule has 2 rings (SSSR count). The van der Waals surface area contributed by atoms with E-state index in [1.54, 1.807) is 12.3 Å². The molecule has 0 radical (unpaired) electrons. The van der Waals surface area contributed by atoms with Crippen molar-refractivity contribution in [2.75, 3.05) is 12.4 Å². The summed E-state index contributed by atoms with van der Waals surface area (Å²) in [6, 6.07) is 4.55. The molecule has 1 aromatic carbocycles. The van der Waals surface area contributed by atoms with Crippen molar-refractivity contribution in [3.05, 3.63) is 46.5 Å². The van der Waals surface area contributed by atoms with E-state index in [9.17, 15) is 10.1 Å². The van der Waals surface area contributed by atoms with Gasteiger partial charge in [-0.25, -0.2) is 4.98 Å². The molecule has 0 fully saturated rings. The second-order valence-corrected chi connectivity index (χ2v) is 3.98. The lowest BCUT2D eigenvalue weighted by atomic mass is 10.2.